The van der Waals surface area contributed by atoms with Gasteiger partial charge in [0.05, 0.1) is 0 Å². The number of carbonyl (C=O) groups is 1. The topological polar surface area (TPSA) is 20.3 Å². The van der Waals surface area contributed by atoms with E-state index in [1.165, 1.54) is 12.8 Å². The third kappa shape index (κ3) is 2.43. The number of rotatable bonds is 2. The van der Waals surface area contributed by atoms with Crippen molar-refractivity contribution in [3.05, 3.63) is 35.9 Å². The summed E-state index contributed by atoms with van der Waals surface area (Å²) in [7, 11) is 0. The van der Waals surface area contributed by atoms with Crippen molar-refractivity contribution in [2.45, 2.75) is 26.2 Å². The van der Waals surface area contributed by atoms with Gasteiger partial charge in [-0.1, -0.05) is 31.5 Å². The lowest BCUT2D eigenvalue weighted by Gasteiger charge is -2.32. The molecule has 0 aromatic heterocycles. The highest BCUT2D eigenvalue weighted by Crippen LogP contribution is 2.20. The van der Waals surface area contributed by atoms with Crippen LogP contribution in [-0.4, -0.2) is 23.9 Å². The van der Waals surface area contributed by atoms with Crippen LogP contribution in [0.1, 0.15) is 36.5 Å². The fourth-order valence-corrected chi connectivity index (χ4v) is 2.35. The van der Waals surface area contributed by atoms with Crippen LogP contribution in [0.4, 0.5) is 0 Å². The summed E-state index contributed by atoms with van der Waals surface area (Å²) < 4.78 is 0. The first-order chi connectivity index (χ1) is 7.81. The smallest absolute Gasteiger partial charge is 0.253 e. The maximum atomic E-state index is 12.2. The van der Waals surface area contributed by atoms with Crippen LogP contribution in [0.2, 0.25) is 0 Å². The average molecular weight is 217 g/mol. The molecule has 1 atom stereocenters. The zero-order valence-electron chi connectivity index (χ0n) is 9.86. The van der Waals surface area contributed by atoms with Crippen LogP contribution < -0.4 is 0 Å². The predicted octanol–water partition coefficient (Wildman–Crippen LogP) is 2.95. The number of likely N-dealkylation sites (tertiary alicyclic amines) is 1. The van der Waals surface area contributed by atoms with Gasteiger partial charge < -0.3 is 4.90 Å². The molecule has 1 fully saturated rings. The zero-order chi connectivity index (χ0) is 11.4. The number of hydrogen-bond donors (Lipinski definition) is 0. The van der Waals surface area contributed by atoms with Gasteiger partial charge in [0.2, 0.25) is 0 Å². The minimum atomic E-state index is 0.193. The Hall–Kier alpha value is -1.31. The van der Waals surface area contributed by atoms with Gasteiger partial charge in [-0.2, -0.15) is 0 Å². The standard InChI is InChI=1S/C14H19NO/c1-2-12-7-6-10-15(11-12)14(16)13-8-4-3-5-9-13/h3-5,8-9,12H,2,6-7,10-11H2,1H3/t12-/m1/s1. The Balaban J connectivity index is 2.05. The number of benzene rings is 1. The summed E-state index contributed by atoms with van der Waals surface area (Å²) in [5.74, 6) is 0.889. The minimum absolute atomic E-state index is 0.193. The Bertz CT molecular complexity index is 347. The molecule has 1 saturated heterocycles. The van der Waals surface area contributed by atoms with Gasteiger partial charge in [-0.3, -0.25) is 4.79 Å². The minimum Gasteiger partial charge on any atom is -0.338 e. The number of piperidine rings is 1. The highest BCUT2D eigenvalue weighted by Gasteiger charge is 2.22. The quantitative estimate of drug-likeness (QED) is 0.746. The van der Waals surface area contributed by atoms with Crippen molar-refractivity contribution in [1.82, 2.24) is 4.90 Å². The van der Waals surface area contributed by atoms with Crippen LogP contribution in [0.15, 0.2) is 30.3 Å². The third-order valence-corrected chi connectivity index (χ3v) is 3.40. The molecule has 1 amide bonds. The number of amides is 1. The molecule has 0 spiro atoms. The molecular formula is C14H19NO. The summed E-state index contributed by atoms with van der Waals surface area (Å²) in [5.41, 5.74) is 0.819. The van der Waals surface area contributed by atoms with E-state index >= 15 is 0 Å². The molecule has 1 aromatic carbocycles. The van der Waals surface area contributed by atoms with Crippen molar-refractivity contribution in [3.8, 4) is 0 Å². The fourth-order valence-electron chi connectivity index (χ4n) is 2.35. The molecule has 0 unspecified atom stereocenters. The first-order valence-electron chi connectivity index (χ1n) is 6.15. The molecule has 86 valence electrons. The SMILES string of the molecule is CC[C@@H]1CCCN(C(=O)c2ccccc2)C1. The van der Waals surface area contributed by atoms with Gasteiger partial charge in [0.25, 0.3) is 5.91 Å². The number of nitrogens with zero attached hydrogens (tertiary/aromatic N) is 1. The summed E-state index contributed by atoms with van der Waals surface area (Å²) in [6.07, 6.45) is 3.60. The average Bonchev–Trinajstić information content (AvgIpc) is 2.39. The zero-order valence-corrected chi connectivity index (χ0v) is 9.86. The van der Waals surface area contributed by atoms with Crippen LogP contribution in [0, 0.1) is 5.92 Å². The van der Waals surface area contributed by atoms with Crippen molar-refractivity contribution in [2.24, 2.45) is 5.92 Å². The van der Waals surface area contributed by atoms with Gasteiger partial charge in [0.1, 0.15) is 0 Å². The van der Waals surface area contributed by atoms with Crippen molar-refractivity contribution in [1.29, 1.82) is 0 Å². The Morgan fingerprint density at radius 1 is 1.38 bits per heavy atom. The number of hydrogen-bond acceptors (Lipinski definition) is 1. The van der Waals surface area contributed by atoms with Gasteiger partial charge in [-0.15, -0.1) is 0 Å². The van der Waals surface area contributed by atoms with E-state index in [-0.39, 0.29) is 5.91 Å². The fraction of sp³-hybridized carbons (Fsp3) is 0.500. The highest BCUT2D eigenvalue weighted by molar-refractivity contribution is 5.94. The Kier molecular flexibility index (Phi) is 3.60. The van der Waals surface area contributed by atoms with E-state index in [4.69, 9.17) is 0 Å². The van der Waals surface area contributed by atoms with E-state index in [2.05, 4.69) is 6.92 Å². The maximum Gasteiger partial charge on any atom is 0.253 e. The lowest BCUT2D eigenvalue weighted by molar-refractivity contribution is 0.0671. The molecule has 1 heterocycles. The Morgan fingerprint density at radius 3 is 2.81 bits per heavy atom. The van der Waals surface area contributed by atoms with Crippen molar-refractivity contribution in [3.63, 3.8) is 0 Å². The van der Waals surface area contributed by atoms with E-state index in [9.17, 15) is 4.79 Å². The van der Waals surface area contributed by atoms with Crippen LogP contribution in [0.25, 0.3) is 0 Å². The van der Waals surface area contributed by atoms with Crippen molar-refractivity contribution in [2.75, 3.05) is 13.1 Å². The lowest BCUT2D eigenvalue weighted by atomic mass is 9.95. The van der Waals surface area contributed by atoms with Crippen LogP contribution in [0.5, 0.6) is 0 Å². The Labute approximate surface area is 97.3 Å². The van der Waals surface area contributed by atoms with Crippen molar-refractivity contribution >= 4 is 5.91 Å². The van der Waals surface area contributed by atoms with Gasteiger partial charge >= 0.3 is 0 Å². The summed E-state index contributed by atoms with van der Waals surface area (Å²) in [6, 6.07) is 9.60. The molecule has 1 aliphatic rings. The molecule has 0 aliphatic carbocycles. The number of carbonyl (C=O) groups excluding carboxylic acids is 1. The van der Waals surface area contributed by atoms with E-state index in [0.29, 0.717) is 5.92 Å². The molecule has 0 saturated carbocycles. The summed E-state index contributed by atoms with van der Waals surface area (Å²) in [6.45, 7) is 4.07. The maximum absolute atomic E-state index is 12.2. The summed E-state index contributed by atoms with van der Waals surface area (Å²) in [5, 5.41) is 0. The molecule has 0 N–H and O–H groups in total. The van der Waals surface area contributed by atoms with Gasteiger partial charge in [0, 0.05) is 18.7 Å². The second kappa shape index (κ2) is 5.15. The molecule has 2 heteroatoms. The second-order valence-electron chi connectivity index (χ2n) is 4.53. The first kappa shape index (κ1) is 11.2. The van der Waals surface area contributed by atoms with Gasteiger partial charge in [0.15, 0.2) is 0 Å². The van der Waals surface area contributed by atoms with Gasteiger partial charge in [-0.25, -0.2) is 0 Å². The monoisotopic (exact) mass is 217 g/mol. The molecule has 0 radical (unpaired) electrons. The lowest BCUT2D eigenvalue weighted by Crippen LogP contribution is -2.39. The van der Waals surface area contributed by atoms with Crippen LogP contribution in [-0.2, 0) is 0 Å². The van der Waals surface area contributed by atoms with Gasteiger partial charge in [-0.05, 0) is 30.9 Å². The summed E-state index contributed by atoms with van der Waals surface area (Å²) >= 11 is 0. The summed E-state index contributed by atoms with van der Waals surface area (Å²) in [4.78, 5) is 14.2. The Morgan fingerprint density at radius 2 is 2.12 bits per heavy atom. The normalized spacial score (nSPS) is 20.8. The molecule has 1 aromatic rings. The molecule has 2 nitrogen and oxygen atoms in total. The molecule has 1 aliphatic heterocycles. The van der Waals surface area contributed by atoms with E-state index in [1.54, 1.807) is 0 Å². The third-order valence-electron chi connectivity index (χ3n) is 3.40. The molecular weight excluding hydrogens is 198 g/mol. The largest absolute Gasteiger partial charge is 0.338 e. The van der Waals surface area contributed by atoms with E-state index in [0.717, 1.165) is 25.1 Å². The molecule has 2 rings (SSSR count). The first-order valence-corrected chi connectivity index (χ1v) is 6.15. The van der Waals surface area contributed by atoms with Crippen LogP contribution >= 0.6 is 0 Å². The van der Waals surface area contributed by atoms with Crippen molar-refractivity contribution < 1.29 is 4.79 Å². The predicted molar refractivity (Wildman–Crippen MR) is 65.4 cm³/mol. The second-order valence-corrected chi connectivity index (χ2v) is 4.53. The molecule has 16 heavy (non-hydrogen) atoms. The van der Waals surface area contributed by atoms with E-state index < -0.39 is 0 Å². The van der Waals surface area contributed by atoms with E-state index in [1.807, 2.05) is 35.2 Å². The highest BCUT2D eigenvalue weighted by atomic mass is 16.2. The molecule has 0 bridgehead atoms. The van der Waals surface area contributed by atoms with Crippen LogP contribution in [0.3, 0.4) is 0 Å².